The van der Waals surface area contributed by atoms with Crippen LogP contribution < -0.4 is 5.32 Å². The molecule has 1 aliphatic rings. The van der Waals surface area contributed by atoms with E-state index in [2.05, 4.69) is 36.1 Å². The third kappa shape index (κ3) is 3.58. The van der Waals surface area contributed by atoms with Crippen LogP contribution in [0.25, 0.3) is 0 Å². The van der Waals surface area contributed by atoms with Gasteiger partial charge in [0.25, 0.3) is 0 Å². The average molecular weight is 268 g/mol. The molecule has 0 spiro atoms. The standard InChI is InChI=1S/C14H22ClN3/c1-14(2,3)13-17-11(15)9-12(18-13)16-10-7-5-4-6-8-10/h9-10H,4-8H2,1-3H3,(H,16,17,18). The molecule has 1 saturated carbocycles. The Morgan fingerprint density at radius 2 is 1.83 bits per heavy atom. The molecule has 3 nitrogen and oxygen atoms in total. The molecule has 4 heteroatoms. The van der Waals surface area contributed by atoms with Crippen LogP contribution in [0.3, 0.4) is 0 Å². The van der Waals surface area contributed by atoms with Gasteiger partial charge < -0.3 is 5.32 Å². The summed E-state index contributed by atoms with van der Waals surface area (Å²) in [5, 5.41) is 4.02. The van der Waals surface area contributed by atoms with Crippen molar-refractivity contribution in [2.45, 2.75) is 64.3 Å². The van der Waals surface area contributed by atoms with Crippen LogP contribution in [-0.2, 0) is 5.41 Å². The summed E-state index contributed by atoms with van der Waals surface area (Å²) in [6.07, 6.45) is 6.43. The lowest BCUT2D eigenvalue weighted by atomic mass is 9.95. The zero-order chi connectivity index (χ0) is 13.2. The molecule has 1 aliphatic carbocycles. The lowest BCUT2D eigenvalue weighted by Gasteiger charge is -2.24. The van der Waals surface area contributed by atoms with E-state index in [-0.39, 0.29) is 5.41 Å². The van der Waals surface area contributed by atoms with Crippen molar-refractivity contribution in [1.82, 2.24) is 9.97 Å². The van der Waals surface area contributed by atoms with Crippen LogP contribution in [-0.4, -0.2) is 16.0 Å². The maximum Gasteiger partial charge on any atom is 0.137 e. The van der Waals surface area contributed by atoms with Crippen molar-refractivity contribution in [3.05, 3.63) is 17.0 Å². The smallest absolute Gasteiger partial charge is 0.137 e. The number of nitrogens with one attached hydrogen (secondary N) is 1. The molecule has 0 amide bonds. The van der Waals surface area contributed by atoms with Crippen LogP contribution in [0.2, 0.25) is 5.15 Å². The van der Waals surface area contributed by atoms with Crippen molar-refractivity contribution >= 4 is 17.4 Å². The lowest BCUT2D eigenvalue weighted by molar-refractivity contribution is 0.461. The number of aromatic nitrogens is 2. The highest BCUT2D eigenvalue weighted by Crippen LogP contribution is 2.25. The highest BCUT2D eigenvalue weighted by Gasteiger charge is 2.20. The van der Waals surface area contributed by atoms with Crippen molar-refractivity contribution in [3.63, 3.8) is 0 Å². The Hall–Kier alpha value is -0.830. The van der Waals surface area contributed by atoms with Gasteiger partial charge >= 0.3 is 0 Å². The zero-order valence-corrected chi connectivity index (χ0v) is 12.2. The Balaban J connectivity index is 2.14. The molecule has 0 atom stereocenters. The Bertz CT molecular complexity index is 406. The summed E-state index contributed by atoms with van der Waals surface area (Å²) in [6.45, 7) is 6.30. The van der Waals surface area contributed by atoms with Crippen LogP contribution in [0.15, 0.2) is 6.07 Å². The molecule has 0 aromatic carbocycles. The Morgan fingerprint density at radius 3 is 2.44 bits per heavy atom. The van der Waals surface area contributed by atoms with Gasteiger partial charge in [0.15, 0.2) is 0 Å². The number of hydrogen-bond donors (Lipinski definition) is 1. The number of nitrogens with zero attached hydrogens (tertiary/aromatic N) is 2. The molecule has 18 heavy (non-hydrogen) atoms. The van der Waals surface area contributed by atoms with E-state index >= 15 is 0 Å². The van der Waals surface area contributed by atoms with Gasteiger partial charge in [0.1, 0.15) is 16.8 Å². The second kappa shape index (κ2) is 5.43. The summed E-state index contributed by atoms with van der Waals surface area (Å²) in [6, 6.07) is 2.36. The molecular weight excluding hydrogens is 246 g/mol. The first-order chi connectivity index (χ1) is 8.45. The number of halogens is 1. The Morgan fingerprint density at radius 1 is 1.17 bits per heavy atom. The highest BCUT2D eigenvalue weighted by molar-refractivity contribution is 6.29. The van der Waals surface area contributed by atoms with Gasteiger partial charge in [0, 0.05) is 17.5 Å². The summed E-state index contributed by atoms with van der Waals surface area (Å²) in [7, 11) is 0. The minimum absolute atomic E-state index is 0.0755. The maximum absolute atomic E-state index is 6.08. The largest absolute Gasteiger partial charge is 0.367 e. The van der Waals surface area contributed by atoms with Gasteiger partial charge in [0.05, 0.1) is 0 Å². The topological polar surface area (TPSA) is 37.8 Å². The summed E-state index contributed by atoms with van der Waals surface area (Å²) in [5.74, 6) is 1.67. The van der Waals surface area contributed by atoms with Gasteiger partial charge in [-0.15, -0.1) is 0 Å². The molecule has 1 aromatic heterocycles. The molecule has 0 unspecified atom stereocenters. The van der Waals surface area contributed by atoms with Crippen molar-refractivity contribution < 1.29 is 0 Å². The van der Waals surface area contributed by atoms with E-state index in [1.165, 1.54) is 32.1 Å². The second-order valence-corrected chi connectivity index (χ2v) is 6.52. The molecule has 1 aromatic rings. The van der Waals surface area contributed by atoms with Crippen LogP contribution in [0.5, 0.6) is 0 Å². The monoisotopic (exact) mass is 267 g/mol. The fourth-order valence-electron chi connectivity index (χ4n) is 2.28. The summed E-state index contributed by atoms with van der Waals surface area (Å²) >= 11 is 6.08. The fourth-order valence-corrected chi connectivity index (χ4v) is 2.47. The third-order valence-electron chi connectivity index (χ3n) is 3.32. The summed E-state index contributed by atoms with van der Waals surface area (Å²) < 4.78 is 0. The molecule has 0 radical (unpaired) electrons. The van der Waals surface area contributed by atoms with Crippen molar-refractivity contribution in [2.24, 2.45) is 0 Å². The number of hydrogen-bond acceptors (Lipinski definition) is 3. The van der Waals surface area contributed by atoms with E-state index in [9.17, 15) is 0 Å². The van der Waals surface area contributed by atoms with Crippen molar-refractivity contribution in [1.29, 1.82) is 0 Å². The minimum Gasteiger partial charge on any atom is -0.367 e. The minimum atomic E-state index is -0.0755. The van der Waals surface area contributed by atoms with Gasteiger partial charge in [-0.2, -0.15) is 0 Å². The van der Waals surface area contributed by atoms with Crippen molar-refractivity contribution in [2.75, 3.05) is 5.32 Å². The van der Waals surface area contributed by atoms with Crippen LogP contribution in [0.1, 0.15) is 58.7 Å². The zero-order valence-electron chi connectivity index (χ0n) is 11.5. The SMILES string of the molecule is CC(C)(C)c1nc(Cl)cc(NC2CCCCC2)n1. The van der Waals surface area contributed by atoms with Crippen LogP contribution in [0, 0.1) is 0 Å². The predicted molar refractivity (Wildman–Crippen MR) is 76.2 cm³/mol. The van der Waals surface area contributed by atoms with Crippen LogP contribution >= 0.6 is 11.6 Å². The molecule has 1 fully saturated rings. The lowest BCUT2D eigenvalue weighted by Crippen LogP contribution is -2.24. The first-order valence-electron chi connectivity index (χ1n) is 6.77. The molecule has 1 N–H and O–H groups in total. The molecule has 2 rings (SSSR count). The van der Waals surface area contributed by atoms with E-state index in [1.807, 2.05) is 6.07 Å². The normalized spacial score (nSPS) is 17.8. The van der Waals surface area contributed by atoms with Gasteiger partial charge in [-0.1, -0.05) is 51.6 Å². The number of rotatable bonds is 2. The molecule has 100 valence electrons. The highest BCUT2D eigenvalue weighted by atomic mass is 35.5. The van der Waals surface area contributed by atoms with E-state index in [0.717, 1.165) is 11.6 Å². The van der Waals surface area contributed by atoms with Crippen LogP contribution in [0.4, 0.5) is 5.82 Å². The fraction of sp³-hybridized carbons (Fsp3) is 0.714. The molecule has 1 heterocycles. The van der Waals surface area contributed by atoms with E-state index in [0.29, 0.717) is 11.2 Å². The molecule has 0 saturated heterocycles. The summed E-state index contributed by atoms with van der Waals surface area (Å²) in [5.41, 5.74) is -0.0755. The molecule has 0 bridgehead atoms. The quantitative estimate of drug-likeness (QED) is 0.817. The maximum atomic E-state index is 6.08. The van der Waals surface area contributed by atoms with E-state index < -0.39 is 0 Å². The first kappa shape index (κ1) is 13.6. The predicted octanol–water partition coefficient (Wildman–Crippen LogP) is 4.17. The van der Waals surface area contributed by atoms with Crippen molar-refractivity contribution in [3.8, 4) is 0 Å². The second-order valence-electron chi connectivity index (χ2n) is 6.13. The van der Waals surface area contributed by atoms with Gasteiger partial charge in [-0.3, -0.25) is 0 Å². The first-order valence-corrected chi connectivity index (χ1v) is 7.14. The van der Waals surface area contributed by atoms with Gasteiger partial charge in [-0.05, 0) is 12.8 Å². The number of anilines is 1. The van der Waals surface area contributed by atoms with Gasteiger partial charge in [0.2, 0.25) is 0 Å². The van der Waals surface area contributed by atoms with E-state index in [4.69, 9.17) is 11.6 Å². The Kier molecular flexibility index (Phi) is 4.10. The average Bonchev–Trinajstić information content (AvgIpc) is 2.28. The Labute approximate surface area is 114 Å². The molecule has 0 aliphatic heterocycles. The molecular formula is C14H22ClN3. The van der Waals surface area contributed by atoms with E-state index in [1.54, 1.807) is 0 Å². The summed E-state index contributed by atoms with van der Waals surface area (Å²) in [4.78, 5) is 8.90. The van der Waals surface area contributed by atoms with Gasteiger partial charge in [-0.25, -0.2) is 9.97 Å². The third-order valence-corrected chi connectivity index (χ3v) is 3.52.